The summed E-state index contributed by atoms with van der Waals surface area (Å²) in [5.41, 5.74) is 0.702. The molecule has 0 bridgehead atoms. The standard InChI is InChI=1S/C18H17F2NO4S/c1-8-10(3)26-17(21-11(4)22)15(8)18(24)25-9(2)16(23)12-5-6-13(19)14(20)7-12/h5-7,9H,1-4H3,(H,21,22)/t9-/m0/s1. The lowest BCUT2D eigenvalue weighted by Crippen LogP contribution is -2.25. The third-order valence-corrected chi connectivity index (χ3v) is 4.86. The summed E-state index contributed by atoms with van der Waals surface area (Å²) in [4.78, 5) is 36.9. The number of Topliss-reactive ketones (excluding diaryl/α,β-unsaturated/α-hetero) is 1. The molecule has 138 valence electrons. The fourth-order valence-electron chi connectivity index (χ4n) is 2.28. The van der Waals surface area contributed by atoms with Gasteiger partial charge in [-0.05, 0) is 44.5 Å². The maximum atomic E-state index is 13.3. The zero-order chi connectivity index (χ0) is 19.6. The Labute approximate surface area is 153 Å². The molecule has 1 atom stereocenters. The van der Waals surface area contributed by atoms with E-state index in [4.69, 9.17) is 4.74 Å². The number of halogens is 2. The van der Waals surface area contributed by atoms with Crippen molar-refractivity contribution in [2.75, 3.05) is 5.32 Å². The van der Waals surface area contributed by atoms with Crippen molar-refractivity contribution in [3.05, 3.63) is 51.4 Å². The van der Waals surface area contributed by atoms with Crippen LogP contribution in [0.3, 0.4) is 0 Å². The zero-order valence-corrected chi connectivity index (χ0v) is 15.4. The Morgan fingerprint density at radius 2 is 1.81 bits per heavy atom. The number of rotatable bonds is 5. The van der Waals surface area contributed by atoms with E-state index >= 15 is 0 Å². The number of carbonyl (C=O) groups is 3. The number of benzene rings is 1. The SMILES string of the molecule is CC(=O)Nc1sc(C)c(C)c1C(=O)O[C@@H](C)C(=O)c1ccc(F)c(F)c1. The van der Waals surface area contributed by atoms with Crippen LogP contribution in [0.25, 0.3) is 0 Å². The van der Waals surface area contributed by atoms with Gasteiger partial charge in [0.15, 0.2) is 17.7 Å². The Kier molecular flexibility index (Phi) is 5.86. The lowest BCUT2D eigenvalue weighted by atomic mass is 10.1. The number of hydrogen-bond acceptors (Lipinski definition) is 5. The highest BCUT2D eigenvalue weighted by atomic mass is 32.1. The average molecular weight is 381 g/mol. The maximum Gasteiger partial charge on any atom is 0.342 e. The van der Waals surface area contributed by atoms with E-state index in [-0.39, 0.29) is 17.0 Å². The summed E-state index contributed by atoms with van der Waals surface area (Å²) in [6, 6.07) is 2.71. The normalized spacial score (nSPS) is 11.8. The van der Waals surface area contributed by atoms with Gasteiger partial charge < -0.3 is 10.1 Å². The van der Waals surface area contributed by atoms with Crippen LogP contribution in [-0.2, 0) is 9.53 Å². The molecule has 0 unspecified atom stereocenters. The number of esters is 1. The molecule has 1 amide bonds. The van der Waals surface area contributed by atoms with Gasteiger partial charge in [-0.15, -0.1) is 11.3 Å². The van der Waals surface area contributed by atoms with E-state index in [1.54, 1.807) is 13.8 Å². The van der Waals surface area contributed by atoms with Crippen LogP contribution in [0, 0.1) is 25.5 Å². The summed E-state index contributed by atoms with van der Waals surface area (Å²) in [6.45, 7) is 6.15. The Bertz CT molecular complexity index is 892. The second kappa shape index (κ2) is 7.74. The van der Waals surface area contributed by atoms with Gasteiger partial charge in [0.25, 0.3) is 0 Å². The molecule has 1 N–H and O–H groups in total. The van der Waals surface area contributed by atoms with Gasteiger partial charge >= 0.3 is 5.97 Å². The van der Waals surface area contributed by atoms with Gasteiger partial charge in [-0.3, -0.25) is 9.59 Å². The molecule has 2 rings (SSSR count). The zero-order valence-electron chi connectivity index (χ0n) is 14.6. The number of amides is 1. The van der Waals surface area contributed by atoms with Crippen molar-refractivity contribution in [3.63, 3.8) is 0 Å². The predicted octanol–water partition coefficient (Wildman–Crippen LogP) is 4.03. The number of anilines is 1. The molecule has 26 heavy (non-hydrogen) atoms. The van der Waals surface area contributed by atoms with E-state index in [2.05, 4.69) is 5.32 Å². The van der Waals surface area contributed by atoms with Crippen LogP contribution < -0.4 is 5.32 Å². The van der Waals surface area contributed by atoms with Crippen molar-refractivity contribution >= 4 is 34.0 Å². The van der Waals surface area contributed by atoms with Gasteiger partial charge in [0.05, 0.1) is 5.56 Å². The third kappa shape index (κ3) is 4.13. The Hall–Kier alpha value is -2.61. The summed E-state index contributed by atoms with van der Waals surface area (Å²) in [7, 11) is 0. The number of hydrogen-bond donors (Lipinski definition) is 1. The number of nitrogens with one attached hydrogen (secondary N) is 1. The minimum absolute atomic E-state index is 0.107. The molecule has 0 aliphatic rings. The van der Waals surface area contributed by atoms with Gasteiger partial charge in [0.2, 0.25) is 11.7 Å². The molecule has 0 aliphatic carbocycles. The monoisotopic (exact) mass is 381 g/mol. The van der Waals surface area contributed by atoms with Crippen molar-refractivity contribution in [1.29, 1.82) is 0 Å². The summed E-state index contributed by atoms with van der Waals surface area (Å²) >= 11 is 1.22. The van der Waals surface area contributed by atoms with E-state index < -0.39 is 29.5 Å². The van der Waals surface area contributed by atoms with Gasteiger partial charge in [-0.25, -0.2) is 13.6 Å². The molecular weight excluding hydrogens is 364 g/mol. The molecule has 0 spiro atoms. The summed E-state index contributed by atoms with van der Waals surface area (Å²) in [5, 5.41) is 2.90. The highest BCUT2D eigenvalue weighted by Gasteiger charge is 2.26. The second-order valence-corrected chi connectivity index (χ2v) is 6.93. The number of ether oxygens (including phenoxy) is 1. The van der Waals surface area contributed by atoms with Gasteiger partial charge in [0, 0.05) is 17.4 Å². The van der Waals surface area contributed by atoms with E-state index in [1.165, 1.54) is 25.2 Å². The van der Waals surface area contributed by atoms with E-state index in [0.29, 0.717) is 10.6 Å². The summed E-state index contributed by atoms with van der Waals surface area (Å²) in [6.07, 6.45) is -1.21. The first-order valence-electron chi connectivity index (χ1n) is 7.69. The number of carbonyl (C=O) groups excluding carboxylic acids is 3. The first-order valence-corrected chi connectivity index (χ1v) is 8.51. The van der Waals surface area contributed by atoms with Crippen molar-refractivity contribution in [1.82, 2.24) is 0 Å². The molecule has 0 fully saturated rings. The first-order chi connectivity index (χ1) is 12.1. The third-order valence-electron chi connectivity index (χ3n) is 3.74. The topological polar surface area (TPSA) is 72.5 Å². The van der Waals surface area contributed by atoms with Crippen LogP contribution in [0.2, 0.25) is 0 Å². The van der Waals surface area contributed by atoms with Gasteiger partial charge in [0.1, 0.15) is 5.00 Å². The van der Waals surface area contributed by atoms with E-state index in [1.807, 2.05) is 0 Å². The molecule has 1 heterocycles. The molecule has 2 aromatic rings. The van der Waals surface area contributed by atoms with Crippen LogP contribution in [-0.4, -0.2) is 23.8 Å². The molecular formula is C18H17F2NO4S. The molecule has 5 nitrogen and oxygen atoms in total. The minimum atomic E-state index is -1.21. The first kappa shape index (κ1) is 19.7. The fraction of sp³-hybridized carbons (Fsp3) is 0.278. The average Bonchev–Trinajstić information content (AvgIpc) is 2.82. The molecule has 1 aromatic heterocycles. The molecule has 0 radical (unpaired) electrons. The highest BCUT2D eigenvalue weighted by molar-refractivity contribution is 7.16. The largest absolute Gasteiger partial charge is 0.451 e. The Balaban J connectivity index is 2.22. The molecule has 0 saturated heterocycles. The lowest BCUT2D eigenvalue weighted by Gasteiger charge is -2.13. The molecule has 0 aliphatic heterocycles. The smallest absolute Gasteiger partial charge is 0.342 e. The minimum Gasteiger partial charge on any atom is -0.451 e. The predicted molar refractivity (Wildman–Crippen MR) is 93.7 cm³/mol. The fourth-order valence-corrected chi connectivity index (χ4v) is 3.37. The van der Waals surface area contributed by atoms with E-state index in [0.717, 1.165) is 23.1 Å². The van der Waals surface area contributed by atoms with Crippen molar-refractivity contribution < 1.29 is 27.9 Å². The van der Waals surface area contributed by atoms with E-state index in [9.17, 15) is 23.2 Å². The van der Waals surface area contributed by atoms with Crippen molar-refractivity contribution in [2.45, 2.75) is 33.8 Å². The second-order valence-electron chi connectivity index (χ2n) is 5.71. The lowest BCUT2D eigenvalue weighted by molar-refractivity contribution is -0.114. The highest BCUT2D eigenvalue weighted by Crippen LogP contribution is 2.33. The van der Waals surface area contributed by atoms with Crippen LogP contribution in [0.15, 0.2) is 18.2 Å². The molecule has 0 saturated carbocycles. The summed E-state index contributed by atoms with van der Waals surface area (Å²) < 4.78 is 31.5. The van der Waals surface area contributed by atoms with Crippen LogP contribution in [0.1, 0.15) is 45.0 Å². The van der Waals surface area contributed by atoms with Crippen LogP contribution in [0.5, 0.6) is 0 Å². The van der Waals surface area contributed by atoms with Gasteiger partial charge in [-0.1, -0.05) is 0 Å². The van der Waals surface area contributed by atoms with Crippen LogP contribution >= 0.6 is 11.3 Å². The summed E-state index contributed by atoms with van der Waals surface area (Å²) in [5.74, 6) is -4.02. The Morgan fingerprint density at radius 3 is 2.38 bits per heavy atom. The number of aryl methyl sites for hydroxylation is 1. The van der Waals surface area contributed by atoms with Gasteiger partial charge in [-0.2, -0.15) is 0 Å². The Morgan fingerprint density at radius 1 is 1.15 bits per heavy atom. The van der Waals surface area contributed by atoms with Crippen molar-refractivity contribution in [2.24, 2.45) is 0 Å². The van der Waals surface area contributed by atoms with Crippen molar-refractivity contribution in [3.8, 4) is 0 Å². The molecule has 1 aromatic carbocycles. The number of ketones is 1. The number of thiophene rings is 1. The maximum absolute atomic E-state index is 13.3. The van der Waals surface area contributed by atoms with Crippen LogP contribution in [0.4, 0.5) is 13.8 Å². The quantitative estimate of drug-likeness (QED) is 0.627. The molecule has 8 heteroatoms.